The Labute approximate surface area is 105 Å². The number of nitrogens with zero attached hydrogens (tertiary/aromatic N) is 3. The maximum absolute atomic E-state index is 12.0. The monoisotopic (exact) mass is 243 g/mol. The predicted molar refractivity (Wildman–Crippen MR) is 64.2 cm³/mol. The smallest absolute Gasteiger partial charge is 0.318 e. The van der Waals surface area contributed by atoms with Crippen molar-refractivity contribution in [2.24, 2.45) is 5.92 Å². The van der Waals surface area contributed by atoms with Crippen molar-refractivity contribution in [3.63, 3.8) is 0 Å². The Morgan fingerprint density at radius 1 is 1.17 bits per heavy atom. The van der Waals surface area contributed by atoms with Gasteiger partial charge in [0, 0.05) is 14.1 Å². The average molecular weight is 243 g/mol. The van der Waals surface area contributed by atoms with Gasteiger partial charge in [-0.05, 0) is 5.56 Å². The van der Waals surface area contributed by atoms with Crippen molar-refractivity contribution in [2.75, 3.05) is 14.1 Å². The maximum atomic E-state index is 12.0. The first kappa shape index (κ1) is 12.1. The third-order valence-electron chi connectivity index (χ3n) is 3.20. The molecule has 2 unspecified atom stereocenters. The standard InChI is InChI=1S/C13H13N3O2/c1-15-11(9-6-4-3-5-7-9)10(8-14)12(17)16(2)13(15)18/h3-7,10-11H,1-2H3. The lowest BCUT2D eigenvalue weighted by molar-refractivity contribution is -0.134. The summed E-state index contributed by atoms with van der Waals surface area (Å²) in [4.78, 5) is 26.3. The number of hydrogen-bond acceptors (Lipinski definition) is 3. The molecule has 2 rings (SSSR count). The van der Waals surface area contributed by atoms with E-state index in [9.17, 15) is 14.9 Å². The van der Waals surface area contributed by atoms with E-state index in [-0.39, 0.29) is 6.03 Å². The second-order valence-corrected chi connectivity index (χ2v) is 4.25. The molecule has 92 valence electrons. The third-order valence-corrected chi connectivity index (χ3v) is 3.20. The molecule has 1 aromatic rings. The van der Waals surface area contributed by atoms with Crippen molar-refractivity contribution in [3.8, 4) is 6.07 Å². The molecule has 0 aromatic heterocycles. The van der Waals surface area contributed by atoms with Crippen LogP contribution in [0.3, 0.4) is 0 Å². The predicted octanol–water partition coefficient (Wildman–Crippen LogP) is 1.39. The molecule has 3 amide bonds. The molecule has 0 aliphatic carbocycles. The highest BCUT2D eigenvalue weighted by Crippen LogP contribution is 2.33. The van der Waals surface area contributed by atoms with Crippen LogP contribution < -0.4 is 0 Å². The second kappa shape index (κ2) is 4.49. The van der Waals surface area contributed by atoms with E-state index in [1.807, 2.05) is 36.4 Å². The van der Waals surface area contributed by atoms with Crippen LogP contribution in [0.4, 0.5) is 4.79 Å². The van der Waals surface area contributed by atoms with Crippen molar-refractivity contribution in [2.45, 2.75) is 6.04 Å². The molecule has 0 N–H and O–H groups in total. The van der Waals surface area contributed by atoms with Crippen LogP contribution in [0.2, 0.25) is 0 Å². The van der Waals surface area contributed by atoms with E-state index in [0.717, 1.165) is 10.5 Å². The number of carbonyl (C=O) groups is 2. The zero-order valence-electron chi connectivity index (χ0n) is 10.2. The van der Waals surface area contributed by atoms with Crippen molar-refractivity contribution in [3.05, 3.63) is 35.9 Å². The van der Waals surface area contributed by atoms with Gasteiger partial charge >= 0.3 is 6.03 Å². The number of rotatable bonds is 1. The van der Waals surface area contributed by atoms with Gasteiger partial charge in [0.1, 0.15) is 0 Å². The molecule has 1 saturated heterocycles. The largest absolute Gasteiger partial charge is 0.326 e. The number of benzene rings is 1. The summed E-state index contributed by atoms with van der Waals surface area (Å²) in [7, 11) is 3.00. The zero-order chi connectivity index (χ0) is 13.3. The molecular weight excluding hydrogens is 230 g/mol. The molecular formula is C13H13N3O2. The summed E-state index contributed by atoms with van der Waals surface area (Å²) >= 11 is 0. The van der Waals surface area contributed by atoms with Crippen LogP contribution in [-0.4, -0.2) is 35.8 Å². The van der Waals surface area contributed by atoms with Gasteiger partial charge in [0.15, 0.2) is 5.92 Å². The molecule has 5 heteroatoms. The number of amides is 3. The highest BCUT2D eigenvalue weighted by molar-refractivity contribution is 5.99. The molecule has 1 heterocycles. The fourth-order valence-electron chi connectivity index (χ4n) is 2.21. The Hall–Kier alpha value is -2.35. The molecule has 0 spiro atoms. The molecule has 5 nitrogen and oxygen atoms in total. The number of urea groups is 1. The highest BCUT2D eigenvalue weighted by Gasteiger charge is 2.44. The first-order chi connectivity index (χ1) is 8.57. The minimum absolute atomic E-state index is 0.389. The van der Waals surface area contributed by atoms with Crippen LogP contribution in [0.5, 0.6) is 0 Å². The lowest BCUT2D eigenvalue weighted by Crippen LogP contribution is -2.54. The van der Waals surface area contributed by atoms with Gasteiger partial charge in [0.2, 0.25) is 5.91 Å². The SMILES string of the molecule is CN1C(=O)C(C#N)C(c2ccccc2)N(C)C1=O. The van der Waals surface area contributed by atoms with Gasteiger partial charge in [-0.25, -0.2) is 4.79 Å². The molecule has 0 radical (unpaired) electrons. The topological polar surface area (TPSA) is 64.4 Å². The van der Waals surface area contributed by atoms with Crippen molar-refractivity contribution in [1.82, 2.24) is 9.80 Å². The van der Waals surface area contributed by atoms with E-state index in [2.05, 4.69) is 0 Å². The molecule has 0 bridgehead atoms. The number of hydrogen-bond donors (Lipinski definition) is 0. The number of nitriles is 1. The van der Waals surface area contributed by atoms with E-state index in [4.69, 9.17) is 0 Å². The van der Waals surface area contributed by atoms with Crippen LogP contribution in [0.25, 0.3) is 0 Å². The molecule has 1 aliphatic rings. The number of imide groups is 1. The average Bonchev–Trinajstić information content (AvgIpc) is 2.41. The van der Waals surface area contributed by atoms with E-state index in [1.54, 1.807) is 7.05 Å². The second-order valence-electron chi connectivity index (χ2n) is 4.25. The molecule has 18 heavy (non-hydrogen) atoms. The van der Waals surface area contributed by atoms with Gasteiger partial charge in [0.25, 0.3) is 0 Å². The van der Waals surface area contributed by atoms with Crippen LogP contribution in [0, 0.1) is 17.2 Å². The Kier molecular flexibility index (Phi) is 3.02. The Morgan fingerprint density at radius 2 is 1.78 bits per heavy atom. The first-order valence-electron chi connectivity index (χ1n) is 5.57. The Balaban J connectivity index is 2.47. The molecule has 1 fully saturated rings. The van der Waals surface area contributed by atoms with Gasteiger partial charge in [0.05, 0.1) is 12.1 Å². The normalized spacial score (nSPS) is 24.1. The van der Waals surface area contributed by atoms with Crippen molar-refractivity contribution in [1.29, 1.82) is 5.26 Å². The first-order valence-corrected chi connectivity index (χ1v) is 5.57. The number of carbonyl (C=O) groups excluding carboxylic acids is 2. The summed E-state index contributed by atoms with van der Waals surface area (Å²) in [5.41, 5.74) is 0.793. The van der Waals surface area contributed by atoms with Crippen LogP contribution >= 0.6 is 0 Å². The fraction of sp³-hybridized carbons (Fsp3) is 0.308. The van der Waals surface area contributed by atoms with Gasteiger partial charge in [-0.3, -0.25) is 9.69 Å². The van der Waals surface area contributed by atoms with Gasteiger partial charge in [-0.15, -0.1) is 0 Å². The lowest BCUT2D eigenvalue weighted by atomic mass is 9.90. The summed E-state index contributed by atoms with van der Waals surface area (Å²) in [6.45, 7) is 0. The van der Waals surface area contributed by atoms with Gasteiger partial charge in [-0.2, -0.15) is 5.26 Å². The lowest BCUT2D eigenvalue weighted by Gasteiger charge is -2.39. The van der Waals surface area contributed by atoms with Crippen LogP contribution in [-0.2, 0) is 4.79 Å². The summed E-state index contributed by atoms with van der Waals surface area (Å²) < 4.78 is 0. The summed E-state index contributed by atoms with van der Waals surface area (Å²) in [6.07, 6.45) is 0. The van der Waals surface area contributed by atoms with Gasteiger partial charge < -0.3 is 4.90 Å². The quantitative estimate of drug-likeness (QED) is 0.748. The fourth-order valence-corrected chi connectivity index (χ4v) is 2.21. The minimum atomic E-state index is -0.861. The Morgan fingerprint density at radius 3 is 2.33 bits per heavy atom. The maximum Gasteiger partial charge on any atom is 0.326 e. The third kappa shape index (κ3) is 1.72. The Bertz CT molecular complexity index is 521. The van der Waals surface area contributed by atoms with Crippen LogP contribution in [0.15, 0.2) is 30.3 Å². The van der Waals surface area contributed by atoms with E-state index < -0.39 is 17.9 Å². The molecule has 2 atom stereocenters. The van der Waals surface area contributed by atoms with E-state index in [0.29, 0.717) is 0 Å². The highest BCUT2D eigenvalue weighted by atomic mass is 16.2. The van der Waals surface area contributed by atoms with E-state index >= 15 is 0 Å². The summed E-state index contributed by atoms with van der Waals surface area (Å²) in [5.74, 6) is -1.31. The molecule has 1 aliphatic heterocycles. The van der Waals surface area contributed by atoms with Gasteiger partial charge in [-0.1, -0.05) is 30.3 Å². The summed E-state index contributed by atoms with van der Waals surface area (Å²) in [5, 5.41) is 9.18. The van der Waals surface area contributed by atoms with Crippen molar-refractivity contribution < 1.29 is 9.59 Å². The minimum Gasteiger partial charge on any atom is -0.318 e. The molecule has 0 saturated carbocycles. The molecule has 1 aromatic carbocycles. The van der Waals surface area contributed by atoms with Crippen LogP contribution in [0.1, 0.15) is 11.6 Å². The summed E-state index contributed by atoms with van der Waals surface area (Å²) in [6, 6.07) is 10.2. The van der Waals surface area contributed by atoms with Crippen molar-refractivity contribution >= 4 is 11.9 Å². The van der Waals surface area contributed by atoms with E-state index in [1.165, 1.54) is 11.9 Å². The zero-order valence-corrected chi connectivity index (χ0v) is 10.2.